The van der Waals surface area contributed by atoms with Crippen LogP contribution < -0.4 is 4.74 Å². The predicted octanol–water partition coefficient (Wildman–Crippen LogP) is 4.43. The van der Waals surface area contributed by atoms with E-state index in [0.29, 0.717) is 22.8 Å². The molecule has 1 heterocycles. The van der Waals surface area contributed by atoms with E-state index in [0.717, 1.165) is 16.9 Å². The number of hydrogen-bond acceptors (Lipinski definition) is 3. The van der Waals surface area contributed by atoms with Crippen molar-refractivity contribution in [1.29, 1.82) is 5.26 Å². The molecule has 0 saturated carbocycles. The number of hydrogen-bond donors (Lipinski definition) is 0. The molecule has 2 aromatic carbocycles. The van der Waals surface area contributed by atoms with Gasteiger partial charge in [0.2, 0.25) is 0 Å². The number of ether oxygens (including phenoxy) is 1. The topological polar surface area (TPSA) is 50.1 Å². The first-order valence-corrected chi connectivity index (χ1v) is 7.39. The molecule has 1 aliphatic rings. The summed E-state index contributed by atoms with van der Waals surface area (Å²) >= 11 is 5.98. The molecule has 0 aliphatic carbocycles. The summed E-state index contributed by atoms with van der Waals surface area (Å²) in [6.07, 6.45) is 5.20. The number of halogens is 1. The molecular formula is C19H12ClNO2. The van der Waals surface area contributed by atoms with Gasteiger partial charge in [-0.1, -0.05) is 17.7 Å². The number of rotatable bonds is 3. The van der Waals surface area contributed by atoms with Gasteiger partial charge in [0, 0.05) is 16.1 Å². The second kappa shape index (κ2) is 6.51. The average Bonchev–Trinajstić information content (AvgIpc) is 2.59. The van der Waals surface area contributed by atoms with E-state index in [-0.39, 0.29) is 5.78 Å². The predicted molar refractivity (Wildman–Crippen MR) is 89.6 cm³/mol. The molecule has 0 fully saturated rings. The second-order valence-corrected chi connectivity index (χ2v) is 5.51. The third-order valence-electron chi connectivity index (χ3n) is 3.45. The molecule has 0 amide bonds. The van der Waals surface area contributed by atoms with Gasteiger partial charge in [0.1, 0.15) is 12.4 Å². The van der Waals surface area contributed by atoms with Crippen LogP contribution in [0, 0.1) is 11.3 Å². The fourth-order valence-corrected chi connectivity index (χ4v) is 2.43. The number of fused-ring (bicyclic) bond motifs is 1. The summed E-state index contributed by atoms with van der Waals surface area (Å²) in [4.78, 5) is 12.1. The van der Waals surface area contributed by atoms with Crippen LogP contribution in [0.2, 0.25) is 5.02 Å². The number of carbonyl (C=O) groups is 1. The van der Waals surface area contributed by atoms with Crippen molar-refractivity contribution >= 4 is 23.5 Å². The zero-order valence-corrected chi connectivity index (χ0v) is 12.9. The first-order chi connectivity index (χ1) is 11.2. The van der Waals surface area contributed by atoms with E-state index < -0.39 is 0 Å². The van der Waals surface area contributed by atoms with Crippen molar-refractivity contribution in [2.24, 2.45) is 0 Å². The van der Waals surface area contributed by atoms with Crippen molar-refractivity contribution in [3.63, 3.8) is 0 Å². The molecule has 0 saturated heterocycles. The number of ketones is 1. The van der Waals surface area contributed by atoms with Gasteiger partial charge < -0.3 is 4.74 Å². The molecule has 0 aromatic heterocycles. The van der Waals surface area contributed by atoms with E-state index >= 15 is 0 Å². The summed E-state index contributed by atoms with van der Waals surface area (Å²) in [6, 6.07) is 14.0. The minimum Gasteiger partial charge on any atom is -0.488 e. The summed E-state index contributed by atoms with van der Waals surface area (Å²) in [5.41, 5.74) is 2.86. The molecule has 0 bridgehead atoms. The highest BCUT2D eigenvalue weighted by molar-refractivity contribution is 6.30. The Morgan fingerprint density at radius 2 is 2.00 bits per heavy atom. The van der Waals surface area contributed by atoms with Crippen LogP contribution in [0.4, 0.5) is 0 Å². The Kier molecular flexibility index (Phi) is 4.27. The first kappa shape index (κ1) is 15.1. The van der Waals surface area contributed by atoms with E-state index in [1.165, 1.54) is 6.08 Å². The second-order valence-electron chi connectivity index (χ2n) is 5.08. The normalized spacial score (nSPS) is 13.0. The van der Waals surface area contributed by atoms with Crippen LogP contribution in [0.5, 0.6) is 5.75 Å². The number of carbonyl (C=O) groups excluding carboxylic acids is 1. The van der Waals surface area contributed by atoms with E-state index in [1.807, 2.05) is 24.3 Å². The molecular weight excluding hydrogens is 310 g/mol. The molecule has 23 heavy (non-hydrogen) atoms. The molecule has 3 rings (SSSR count). The van der Waals surface area contributed by atoms with Crippen molar-refractivity contribution in [2.45, 2.75) is 0 Å². The Bertz CT molecular complexity index is 858. The van der Waals surface area contributed by atoms with Gasteiger partial charge in [-0.3, -0.25) is 4.79 Å². The highest BCUT2D eigenvalue weighted by atomic mass is 35.5. The minimum atomic E-state index is -0.118. The quantitative estimate of drug-likeness (QED) is 0.621. The molecule has 4 heteroatoms. The summed E-state index contributed by atoms with van der Waals surface area (Å²) in [6.45, 7) is 0.409. The Morgan fingerprint density at radius 1 is 1.22 bits per heavy atom. The molecule has 1 aliphatic heterocycles. The van der Waals surface area contributed by atoms with Crippen molar-refractivity contribution in [3.05, 3.63) is 81.9 Å². The Labute approximate surface area is 139 Å². The molecule has 0 radical (unpaired) electrons. The van der Waals surface area contributed by atoms with E-state index in [1.54, 1.807) is 36.4 Å². The minimum absolute atomic E-state index is 0.118. The van der Waals surface area contributed by atoms with Crippen molar-refractivity contribution in [2.75, 3.05) is 6.61 Å². The highest BCUT2D eigenvalue weighted by Gasteiger charge is 2.10. The van der Waals surface area contributed by atoms with Crippen molar-refractivity contribution in [3.8, 4) is 11.8 Å². The Morgan fingerprint density at radius 3 is 2.74 bits per heavy atom. The largest absolute Gasteiger partial charge is 0.488 e. The maximum Gasteiger partial charge on any atom is 0.185 e. The molecule has 2 aromatic rings. The molecule has 0 N–H and O–H groups in total. The standard InChI is InChI=1S/C19H12ClNO2/c20-17-6-8-19-16(10-17)9-14(12-23-19)3-7-18(22)15-4-1-13(11-21)2-5-15/h1-10H,12H2/b7-3+. The third kappa shape index (κ3) is 3.50. The summed E-state index contributed by atoms with van der Waals surface area (Å²) < 4.78 is 5.63. The van der Waals surface area contributed by atoms with Crippen LogP contribution in [-0.4, -0.2) is 12.4 Å². The molecule has 0 spiro atoms. The molecule has 0 atom stereocenters. The zero-order chi connectivity index (χ0) is 16.2. The average molecular weight is 322 g/mol. The van der Waals surface area contributed by atoms with Crippen LogP contribution in [0.15, 0.2) is 60.2 Å². The first-order valence-electron chi connectivity index (χ1n) is 7.01. The summed E-state index contributed by atoms with van der Waals surface area (Å²) in [7, 11) is 0. The van der Waals surface area contributed by atoms with Crippen LogP contribution >= 0.6 is 11.6 Å². The smallest absolute Gasteiger partial charge is 0.185 e. The number of nitrogens with zero attached hydrogens (tertiary/aromatic N) is 1. The maximum absolute atomic E-state index is 12.1. The SMILES string of the molecule is N#Cc1ccc(C(=O)/C=C/C2=Cc3cc(Cl)ccc3OC2)cc1. The fraction of sp³-hybridized carbons (Fsp3) is 0.0526. The third-order valence-corrected chi connectivity index (χ3v) is 3.69. The lowest BCUT2D eigenvalue weighted by molar-refractivity contribution is 0.104. The van der Waals surface area contributed by atoms with Gasteiger partial charge in [0.15, 0.2) is 5.78 Å². The Balaban J connectivity index is 1.77. The van der Waals surface area contributed by atoms with Crippen LogP contribution in [-0.2, 0) is 0 Å². The lowest BCUT2D eigenvalue weighted by Crippen LogP contribution is -2.06. The van der Waals surface area contributed by atoms with Gasteiger partial charge in [-0.2, -0.15) is 5.26 Å². The van der Waals surface area contributed by atoms with Crippen molar-refractivity contribution in [1.82, 2.24) is 0 Å². The molecule has 112 valence electrons. The monoisotopic (exact) mass is 321 g/mol. The van der Waals surface area contributed by atoms with E-state index in [2.05, 4.69) is 0 Å². The summed E-state index contributed by atoms with van der Waals surface area (Å²) in [5, 5.41) is 9.40. The van der Waals surface area contributed by atoms with E-state index in [4.69, 9.17) is 21.6 Å². The zero-order valence-electron chi connectivity index (χ0n) is 12.1. The lowest BCUT2D eigenvalue weighted by Gasteiger charge is -2.16. The van der Waals surface area contributed by atoms with Gasteiger partial charge in [-0.15, -0.1) is 0 Å². The van der Waals surface area contributed by atoms with Gasteiger partial charge >= 0.3 is 0 Å². The van der Waals surface area contributed by atoms with Gasteiger partial charge in [-0.05, 0) is 60.2 Å². The highest BCUT2D eigenvalue weighted by Crippen LogP contribution is 2.29. The Hall–Kier alpha value is -2.83. The summed E-state index contributed by atoms with van der Waals surface area (Å²) in [5.74, 6) is 0.664. The molecule has 3 nitrogen and oxygen atoms in total. The lowest BCUT2D eigenvalue weighted by atomic mass is 10.0. The number of nitriles is 1. The van der Waals surface area contributed by atoms with Crippen LogP contribution in [0.3, 0.4) is 0 Å². The maximum atomic E-state index is 12.1. The van der Waals surface area contributed by atoms with E-state index in [9.17, 15) is 4.79 Å². The van der Waals surface area contributed by atoms with Gasteiger partial charge in [0.05, 0.1) is 11.6 Å². The number of allylic oxidation sites excluding steroid dienone is 1. The number of benzene rings is 2. The van der Waals surface area contributed by atoms with Crippen LogP contribution in [0.25, 0.3) is 6.08 Å². The van der Waals surface area contributed by atoms with Gasteiger partial charge in [0.25, 0.3) is 0 Å². The van der Waals surface area contributed by atoms with Crippen LogP contribution in [0.1, 0.15) is 21.5 Å². The fourth-order valence-electron chi connectivity index (χ4n) is 2.25. The molecule has 0 unspecified atom stereocenters. The van der Waals surface area contributed by atoms with Gasteiger partial charge in [-0.25, -0.2) is 0 Å². The van der Waals surface area contributed by atoms with Crippen molar-refractivity contribution < 1.29 is 9.53 Å².